The predicted octanol–water partition coefficient (Wildman–Crippen LogP) is 2.83. The van der Waals surface area contributed by atoms with Gasteiger partial charge in [-0.3, -0.25) is 0 Å². The van der Waals surface area contributed by atoms with E-state index in [4.69, 9.17) is 4.74 Å². The van der Waals surface area contributed by atoms with Gasteiger partial charge < -0.3 is 9.84 Å². The number of hydrogen-bond acceptors (Lipinski definition) is 2. The first kappa shape index (κ1) is 11.0. The summed E-state index contributed by atoms with van der Waals surface area (Å²) in [6.07, 6.45) is 2.72. The molecule has 0 radical (unpaired) electrons. The summed E-state index contributed by atoms with van der Waals surface area (Å²) in [5, 5.41) is 10.6. The van der Waals surface area contributed by atoms with E-state index in [1.54, 1.807) is 0 Å². The number of aliphatic hydroxyl groups excluding tert-OH is 1. The zero-order valence-electron chi connectivity index (χ0n) is 8.58. The Morgan fingerprint density at radius 2 is 2.33 bits per heavy atom. The lowest BCUT2D eigenvalue weighted by atomic mass is 9.89. The van der Waals surface area contributed by atoms with Gasteiger partial charge in [0.2, 0.25) is 0 Å². The van der Waals surface area contributed by atoms with Gasteiger partial charge in [-0.25, -0.2) is 0 Å². The second-order valence-electron chi connectivity index (χ2n) is 3.81. The van der Waals surface area contributed by atoms with Crippen molar-refractivity contribution < 1.29 is 9.84 Å². The highest BCUT2D eigenvalue weighted by atomic mass is 79.9. The molecule has 82 valence electrons. The van der Waals surface area contributed by atoms with Crippen LogP contribution in [0.5, 0.6) is 5.75 Å². The lowest BCUT2D eigenvalue weighted by Gasteiger charge is -2.21. The van der Waals surface area contributed by atoms with Gasteiger partial charge in [0, 0.05) is 5.33 Å². The first-order valence-corrected chi connectivity index (χ1v) is 6.43. The Morgan fingerprint density at radius 1 is 1.47 bits per heavy atom. The molecular formula is C12H15BrO2. The summed E-state index contributed by atoms with van der Waals surface area (Å²) in [5.41, 5.74) is 2.31. The molecule has 0 aromatic heterocycles. The van der Waals surface area contributed by atoms with Crippen molar-refractivity contribution in [2.45, 2.75) is 25.4 Å². The Bertz CT molecular complexity index is 338. The predicted molar refractivity (Wildman–Crippen MR) is 63.6 cm³/mol. The molecule has 0 amide bonds. The maximum absolute atomic E-state index is 9.78. The van der Waals surface area contributed by atoms with Gasteiger partial charge in [0.15, 0.2) is 0 Å². The van der Waals surface area contributed by atoms with Crippen molar-refractivity contribution >= 4 is 15.9 Å². The molecule has 0 fully saturated rings. The van der Waals surface area contributed by atoms with Crippen molar-refractivity contribution in [1.29, 1.82) is 0 Å². The zero-order chi connectivity index (χ0) is 10.7. The van der Waals surface area contributed by atoms with E-state index in [0.29, 0.717) is 6.61 Å². The van der Waals surface area contributed by atoms with Gasteiger partial charge in [0.05, 0.1) is 12.7 Å². The van der Waals surface area contributed by atoms with Crippen LogP contribution >= 0.6 is 15.9 Å². The standard InChI is InChI=1S/C12H15BrO2/c13-6-7-15-10-4-5-11-9(8-10)2-1-3-12(11)14/h4-5,8,12,14H,1-3,6-7H2. The van der Waals surface area contributed by atoms with Crippen LogP contribution in [0.2, 0.25) is 0 Å². The largest absolute Gasteiger partial charge is 0.493 e. The van der Waals surface area contributed by atoms with Crippen LogP contribution in [0, 0.1) is 0 Å². The van der Waals surface area contributed by atoms with Crippen LogP contribution in [-0.2, 0) is 6.42 Å². The van der Waals surface area contributed by atoms with E-state index in [1.807, 2.05) is 12.1 Å². The van der Waals surface area contributed by atoms with Crippen LogP contribution in [0.3, 0.4) is 0 Å². The summed E-state index contributed by atoms with van der Waals surface area (Å²) in [5.74, 6) is 0.905. The molecule has 1 aliphatic carbocycles. The molecule has 15 heavy (non-hydrogen) atoms. The third kappa shape index (κ3) is 2.52. The Balaban J connectivity index is 2.18. The fourth-order valence-electron chi connectivity index (χ4n) is 2.01. The van der Waals surface area contributed by atoms with Crippen LogP contribution < -0.4 is 4.74 Å². The van der Waals surface area contributed by atoms with Crippen molar-refractivity contribution in [3.05, 3.63) is 29.3 Å². The number of ether oxygens (including phenoxy) is 1. The second kappa shape index (κ2) is 4.99. The van der Waals surface area contributed by atoms with Crippen LogP contribution in [-0.4, -0.2) is 17.0 Å². The Labute approximate surface area is 98.4 Å². The topological polar surface area (TPSA) is 29.5 Å². The molecule has 0 heterocycles. The summed E-state index contributed by atoms with van der Waals surface area (Å²) >= 11 is 3.33. The summed E-state index contributed by atoms with van der Waals surface area (Å²) < 4.78 is 5.53. The molecular weight excluding hydrogens is 256 g/mol. The van der Waals surface area contributed by atoms with Crippen molar-refractivity contribution in [3.8, 4) is 5.75 Å². The summed E-state index contributed by atoms with van der Waals surface area (Å²) in [7, 11) is 0. The number of benzene rings is 1. The third-order valence-corrected chi connectivity index (χ3v) is 3.07. The fourth-order valence-corrected chi connectivity index (χ4v) is 2.17. The summed E-state index contributed by atoms with van der Waals surface area (Å²) in [4.78, 5) is 0. The van der Waals surface area contributed by atoms with Gasteiger partial charge in [0.1, 0.15) is 5.75 Å². The summed E-state index contributed by atoms with van der Waals surface area (Å²) in [6, 6.07) is 5.99. The summed E-state index contributed by atoms with van der Waals surface area (Å²) in [6.45, 7) is 0.682. The molecule has 3 heteroatoms. The second-order valence-corrected chi connectivity index (χ2v) is 4.60. The highest BCUT2D eigenvalue weighted by Gasteiger charge is 2.17. The molecule has 1 aliphatic rings. The first-order valence-electron chi connectivity index (χ1n) is 5.31. The van der Waals surface area contributed by atoms with E-state index in [0.717, 1.165) is 35.9 Å². The van der Waals surface area contributed by atoms with Crippen molar-refractivity contribution in [1.82, 2.24) is 0 Å². The number of aliphatic hydroxyl groups is 1. The number of hydrogen-bond donors (Lipinski definition) is 1. The smallest absolute Gasteiger partial charge is 0.119 e. The van der Waals surface area contributed by atoms with E-state index in [2.05, 4.69) is 22.0 Å². The van der Waals surface area contributed by atoms with E-state index in [-0.39, 0.29) is 6.10 Å². The van der Waals surface area contributed by atoms with Crippen LogP contribution in [0.1, 0.15) is 30.1 Å². The van der Waals surface area contributed by atoms with Crippen molar-refractivity contribution in [2.75, 3.05) is 11.9 Å². The zero-order valence-corrected chi connectivity index (χ0v) is 10.2. The lowest BCUT2D eigenvalue weighted by molar-refractivity contribution is 0.156. The molecule has 0 bridgehead atoms. The number of aryl methyl sites for hydroxylation is 1. The molecule has 1 N–H and O–H groups in total. The van der Waals surface area contributed by atoms with Gasteiger partial charge in [-0.2, -0.15) is 0 Å². The highest BCUT2D eigenvalue weighted by Crippen LogP contribution is 2.31. The maximum atomic E-state index is 9.78. The average Bonchev–Trinajstić information content (AvgIpc) is 2.26. The minimum absolute atomic E-state index is 0.279. The molecule has 1 atom stereocenters. The normalized spacial score (nSPS) is 19.7. The average molecular weight is 271 g/mol. The Hall–Kier alpha value is -0.540. The fraction of sp³-hybridized carbons (Fsp3) is 0.500. The molecule has 1 aromatic rings. The van der Waals surface area contributed by atoms with Crippen LogP contribution in [0.15, 0.2) is 18.2 Å². The van der Waals surface area contributed by atoms with Crippen LogP contribution in [0.4, 0.5) is 0 Å². The van der Waals surface area contributed by atoms with Crippen molar-refractivity contribution in [2.24, 2.45) is 0 Å². The molecule has 2 nitrogen and oxygen atoms in total. The molecule has 0 saturated carbocycles. The Morgan fingerprint density at radius 3 is 3.13 bits per heavy atom. The number of rotatable bonds is 3. The Kier molecular flexibility index (Phi) is 3.65. The molecule has 0 aliphatic heterocycles. The quantitative estimate of drug-likeness (QED) is 0.856. The maximum Gasteiger partial charge on any atom is 0.119 e. The molecule has 2 rings (SSSR count). The van der Waals surface area contributed by atoms with Gasteiger partial charge in [-0.05, 0) is 42.5 Å². The number of fused-ring (bicyclic) bond motifs is 1. The van der Waals surface area contributed by atoms with Gasteiger partial charge in [-0.1, -0.05) is 22.0 Å². The molecule has 0 saturated heterocycles. The van der Waals surface area contributed by atoms with E-state index in [9.17, 15) is 5.11 Å². The molecule has 0 spiro atoms. The van der Waals surface area contributed by atoms with Gasteiger partial charge in [-0.15, -0.1) is 0 Å². The monoisotopic (exact) mass is 270 g/mol. The van der Waals surface area contributed by atoms with E-state index >= 15 is 0 Å². The minimum Gasteiger partial charge on any atom is -0.493 e. The van der Waals surface area contributed by atoms with Gasteiger partial charge in [0.25, 0.3) is 0 Å². The van der Waals surface area contributed by atoms with Crippen molar-refractivity contribution in [3.63, 3.8) is 0 Å². The van der Waals surface area contributed by atoms with Crippen LogP contribution in [0.25, 0.3) is 0 Å². The number of alkyl halides is 1. The minimum atomic E-state index is -0.279. The van der Waals surface area contributed by atoms with Gasteiger partial charge >= 0.3 is 0 Å². The first-order chi connectivity index (χ1) is 7.31. The van der Waals surface area contributed by atoms with E-state index < -0.39 is 0 Å². The number of halogens is 1. The lowest BCUT2D eigenvalue weighted by Crippen LogP contribution is -2.09. The molecule has 1 unspecified atom stereocenters. The third-order valence-electron chi connectivity index (χ3n) is 2.74. The molecule has 1 aromatic carbocycles. The SMILES string of the molecule is OC1CCCc2cc(OCCBr)ccc21. The van der Waals surface area contributed by atoms with E-state index in [1.165, 1.54) is 5.56 Å². The highest BCUT2D eigenvalue weighted by molar-refractivity contribution is 9.09.